The minimum Gasteiger partial charge on any atom is -0.297 e. The molecule has 132 valence electrons. The van der Waals surface area contributed by atoms with Gasteiger partial charge in [0.1, 0.15) is 5.69 Å². The Hall–Kier alpha value is -2.86. The summed E-state index contributed by atoms with van der Waals surface area (Å²) in [6.07, 6.45) is 5.56. The first-order chi connectivity index (χ1) is 12.8. The smallest absolute Gasteiger partial charge is 0.185 e. The minimum absolute atomic E-state index is 0.00261. The van der Waals surface area contributed by atoms with Crippen molar-refractivity contribution in [1.29, 1.82) is 0 Å². The quantitative estimate of drug-likeness (QED) is 0.664. The van der Waals surface area contributed by atoms with Crippen LogP contribution >= 0.6 is 0 Å². The molecule has 1 atom stereocenters. The highest BCUT2D eigenvalue weighted by atomic mass is 16.1. The molecule has 4 rings (SSSR count). The van der Waals surface area contributed by atoms with Gasteiger partial charge in [-0.1, -0.05) is 29.5 Å². The predicted molar refractivity (Wildman–Crippen MR) is 97.9 cm³/mol. The first-order valence-corrected chi connectivity index (χ1v) is 8.94. The number of carbonyl (C=O) groups is 1. The SMILES string of the molecule is O=C(c1ccccn1)[C@@H]1CCCN(Cc2cn(-c3ccccc3)nn2)C1. The Kier molecular flexibility index (Phi) is 4.84. The van der Waals surface area contributed by atoms with E-state index in [1.165, 1.54) is 0 Å². The van der Waals surface area contributed by atoms with E-state index in [-0.39, 0.29) is 11.7 Å². The van der Waals surface area contributed by atoms with E-state index in [0.29, 0.717) is 12.2 Å². The summed E-state index contributed by atoms with van der Waals surface area (Å²) in [4.78, 5) is 19.2. The largest absolute Gasteiger partial charge is 0.297 e. The minimum atomic E-state index is 0.00261. The van der Waals surface area contributed by atoms with E-state index < -0.39 is 0 Å². The van der Waals surface area contributed by atoms with Crippen molar-refractivity contribution in [2.75, 3.05) is 13.1 Å². The number of ketones is 1. The van der Waals surface area contributed by atoms with Gasteiger partial charge in [0.05, 0.1) is 17.6 Å². The van der Waals surface area contributed by atoms with Gasteiger partial charge in [0.25, 0.3) is 0 Å². The maximum atomic E-state index is 12.7. The van der Waals surface area contributed by atoms with Gasteiger partial charge < -0.3 is 0 Å². The zero-order valence-electron chi connectivity index (χ0n) is 14.5. The molecule has 3 heterocycles. The lowest BCUT2D eigenvalue weighted by atomic mass is 9.92. The third-order valence-electron chi connectivity index (χ3n) is 4.74. The molecule has 1 aromatic carbocycles. The molecule has 0 saturated carbocycles. The van der Waals surface area contributed by atoms with E-state index in [1.54, 1.807) is 16.9 Å². The molecule has 0 aliphatic carbocycles. The number of para-hydroxylation sites is 1. The van der Waals surface area contributed by atoms with Crippen LogP contribution in [0, 0.1) is 5.92 Å². The monoisotopic (exact) mass is 347 g/mol. The maximum Gasteiger partial charge on any atom is 0.185 e. The third kappa shape index (κ3) is 3.70. The third-order valence-corrected chi connectivity index (χ3v) is 4.74. The Morgan fingerprint density at radius 1 is 1.12 bits per heavy atom. The van der Waals surface area contributed by atoms with Crippen LogP contribution < -0.4 is 0 Å². The molecular formula is C20H21N5O. The highest BCUT2D eigenvalue weighted by Gasteiger charge is 2.27. The van der Waals surface area contributed by atoms with Crippen LogP contribution in [0.1, 0.15) is 29.0 Å². The molecule has 0 unspecified atom stereocenters. The predicted octanol–water partition coefficient (Wildman–Crippen LogP) is 2.76. The van der Waals surface area contributed by atoms with Gasteiger partial charge in [0, 0.05) is 25.2 Å². The van der Waals surface area contributed by atoms with Gasteiger partial charge in [-0.15, -0.1) is 5.10 Å². The Labute approximate surface area is 152 Å². The van der Waals surface area contributed by atoms with Gasteiger partial charge in [-0.2, -0.15) is 0 Å². The van der Waals surface area contributed by atoms with E-state index in [0.717, 1.165) is 37.3 Å². The number of piperidine rings is 1. The van der Waals surface area contributed by atoms with Crippen LogP contribution in [-0.4, -0.2) is 43.8 Å². The van der Waals surface area contributed by atoms with Crippen molar-refractivity contribution in [1.82, 2.24) is 24.9 Å². The lowest BCUT2D eigenvalue weighted by molar-refractivity contribution is 0.0805. The summed E-state index contributed by atoms with van der Waals surface area (Å²) in [5, 5.41) is 8.51. The number of nitrogens with zero attached hydrogens (tertiary/aromatic N) is 5. The topological polar surface area (TPSA) is 63.9 Å². The van der Waals surface area contributed by atoms with Crippen molar-refractivity contribution in [2.45, 2.75) is 19.4 Å². The van der Waals surface area contributed by atoms with Gasteiger partial charge in [0.2, 0.25) is 0 Å². The van der Waals surface area contributed by atoms with Gasteiger partial charge in [0.15, 0.2) is 5.78 Å². The number of rotatable bonds is 5. The van der Waals surface area contributed by atoms with E-state index >= 15 is 0 Å². The first-order valence-electron chi connectivity index (χ1n) is 8.94. The zero-order chi connectivity index (χ0) is 17.8. The first kappa shape index (κ1) is 16.6. The van der Waals surface area contributed by atoms with Gasteiger partial charge in [-0.25, -0.2) is 4.68 Å². The second-order valence-corrected chi connectivity index (χ2v) is 6.64. The molecule has 0 radical (unpaired) electrons. The molecule has 0 spiro atoms. The van der Waals surface area contributed by atoms with E-state index in [1.807, 2.05) is 48.7 Å². The Balaban J connectivity index is 1.41. The normalized spacial score (nSPS) is 17.9. The van der Waals surface area contributed by atoms with Gasteiger partial charge in [-0.05, 0) is 43.7 Å². The molecular weight excluding hydrogens is 326 g/mol. The number of aromatic nitrogens is 4. The summed E-state index contributed by atoms with van der Waals surface area (Å²) in [6, 6.07) is 15.4. The molecule has 1 fully saturated rings. The number of hydrogen-bond donors (Lipinski definition) is 0. The Morgan fingerprint density at radius 3 is 2.77 bits per heavy atom. The fourth-order valence-electron chi connectivity index (χ4n) is 3.44. The lowest BCUT2D eigenvalue weighted by Crippen LogP contribution is -2.38. The van der Waals surface area contributed by atoms with Crippen LogP contribution in [0.25, 0.3) is 5.69 Å². The van der Waals surface area contributed by atoms with Crippen LogP contribution in [0.15, 0.2) is 60.9 Å². The summed E-state index contributed by atoms with van der Waals surface area (Å²) < 4.78 is 1.79. The van der Waals surface area contributed by atoms with Gasteiger partial charge in [-0.3, -0.25) is 14.7 Å². The van der Waals surface area contributed by atoms with Crippen molar-refractivity contribution in [3.8, 4) is 5.69 Å². The van der Waals surface area contributed by atoms with Crippen molar-refractivity contribution >= 4 is 5.78 Å². The number of hydrogen-bond acceptors (Lipinski definition) is 5. The summed E-state index contributed by atoms with van der Waals surface area (Å²) in [6.45, 7) is 2.43. The van der Waals surface area contributed by atoms with E-state index in [4.69, 9.17) is 0 Å². The highest BCUT2D eigenvalue weighted by molar-refractivity contribution is 5.96. The molecule has 1 aliphatic rings. The van der Waals surface area contributed by atoms with Crippen LogP contribution in [-0.2, 0) is 6.54 Å². The van der Waals surface area contributed by atoms with Crippen LogP contribution in [0.5, 0.6) is 0 Å². The molecule has 0 N–H and O–H groups in total. The molecule has 2 aromatic heterocycles. The van der Waals surface area contributed by atoms with E-state index in [2.05, 4.69) is 20.2 Å². The summed E-state index contributed by atoms with van der Waals surface area (Å²) >= 11 is 0. The average molecular weight is 347 g/mol. The molecule has 0 amide bonds. The second-order valence-electron chi connectivity index (χ2n) is 6.64. The fraction of sp³-hybridized carbons (Fsp3) is 0.300. The Bertz CT molecular complexity index is 862. The second kappa shape index (κ2) is 7.58. The molecule has 26 heavy (non-hydrogen) atoms. The molecule has 1 saturated heterocycles. The summed E-state index contributed by atoms with van der Waals surface area (Å²) in [7, 11) is 0. The van der Waals surface area contributed by atoms with E-state index in [9.17, 15) is 4.79 Å². The summed E-state index contributed by atoms with van der Waals surface area (Å²) in [5.74, 6) is 0.144. The van der Waals surface area contributed by atoms with Crippen molar-refractivity contribution in [3.05, 3.63) is 72.3 Å². The highest BCUT2D eigenvalue weighted by Crippen LogP contribution is 2.21. The molecule has 6 heteroatoms. The van der Waals surface area contributed by atoms with Crippen LogP contribution in [0.3, 0.4) is 0 Å². The van der Waals surface area contributed by atoms with Gasteiger partial charge >= 0.3 is 0 Å². The van der Waals surface area contributed by atoms with Crippen molar-refractivity contribution in [3.63, 3.8) is 0 Å². The molecule has 0 bridgehead atoms. The van der Waals surface area contributed by atoms with Crippen LogP contribution in [0.2, 0.25) is 0 Å². The molecule has 6 nitrogen and oxygen atoms in total. The van der Waals surface area contributed by atoms with Crippen molar-refractivity contribution < 1.29 is 4.79 Å². The van der Waals surface area contributed by atoms with Crippen LogP contribution in [0.4, 0.5) is 0 Å². The standard InChI is InChI=1S/C20H21N5O/c26-20(19-10-4-5-11-21-19)16-7-6-12-24(13-16)14-17-15-25(23-22-17)18-8-2-1-3-9-18/h1-5,8-11,15-16H,6-7,12-14H2/t16-/m1/s1. The zero-order valence-corrected chi connectivity index (χ0v) is 14.5. The fourth-order valence-corrected chi connectivity index (χ4v) is 3.44. The number of Topliss-reactive ketones (excluding diaryl/α,β-unsaturated/α-hetero) is 1. The maximum absolute atomic E-state index is 12.7. The molecule has 1 aliphatic heterocycles. The Morgan fingerprint density at radius 2 is 1.96 bits per heavy atom. The number of carbonyl (C=O) groups excluding carboxylic acids is 1. The summed E-state index contributed by atoms with van der Waals surface area (Å²) in [5.41, 5.74) is 2.47. The number of likely N-dealkylation sites (tertiary alicyclic amines) is 1. The number of benzene rings is 1. The number of pyridine rings is 1. The lowest BCUT2D eigenvalue weighted by Gasteiger charge is -2.31. The van der Waals surface area contributed by atoms with Crippen molar-refractivity contribution in [2.24, 2.45) is 5.92 Å². The molecule has 3 aromatic rings. The average Bonchev–Trinajstić information content (AvgIpc) is 3.17.